The first kappa shape index (κ1) is 24.9. The molecule has 2 amide bonds. The molecule has 1 heterocycles. The topological polar surface area (TPSA) is 72.9 Å². The molecule has 1 fully saturated rings. The minimum Gasteiger partial charge on any atom is -0.460 e. The molecule has 1 aromatic rings. The maximum absolute atomic E-state index is 13.5. The molecule has 1 aliphatic heterocycles. The van der Waals surface area contributed by atoms with Crippen LogP contribution in [0.3, 0.4) is 0 Å². The Morgan fingerprint density at radius 2 is 1.84 bits per heavy atom. The second-order valence-corrected chi connectivity index (χ2v) is 9.63. The molecule has 4 atom stereocenters. The van der Waals surface area contributed by atoms with Gasteiger partial charge in [0, 0.05) is 5.92 Å². The molecule has 6 nitrogen and oxygen atoms in total. The summed E-state index contributed by atoms with van der Waals surface area (Å²) in [5, 5.41) is 0. The fourth-order valence-corrected chi connectivity index (χ4v) is 4.05. The molecular weight excluding hydrogens is 394 g/mol. The SMILES string of the molecule is CCCCC(C)CC(CC(=O)OC(C)(C)C)C(=O)N1C(=O)O[C@@H](c2ccccc2)[C@H]1C. The summed E-state index contributed by atoms with van der Waals surface area (Å²) in [6, 6.07) is 8.96. The van der Waals surface area contributed by atoms with E-state index in [1.807, 2.05) is 37.3 Å². The monoisotopic (exact) mass is 431 g/mol. The Balaban J connectivity index is 2.19. The first-order valence-electron chi connectivity index (χ1n) is 11.3. The number of carbonyl (C=O) groups is 3. The number of hydrogen-bond acceptors (Lipinski definition) is 5. The van der Waals surface area contributed by atoms with Gasteiger partial charge in [-0.2, -0.15) is 0 Å². The van der Waals surface area contributed by atoms with Gasteiger partial charge in [-0.25, -0.2) is 9.69 Å². The van der Waals surface area contributed by atoms with Crippen LogP contribution in [0.4, 0.5) is 4.79 Å². The number of cyclic esters (lactones) is 1. The van der Waals surface area contributed by atoms with Crippen LogP contribution in [0.15, 0.2) is 30.3 Å². The highest BCUT2D eigenvalue weighted by molar-refractivity contribution is 5.96. The van der Waals surface area contributed by atoms with Crippen molar-refractivity contribution in [2.24, 2.45) is 11.8 Å². The van der Waals surface area contributed by atoms with Gasteiger partial charge in [-0.1, -0.05) is 63.4 Å². The van der Waals surface area contributed by atoms with Crippen molar-refractivity contribution >= 4 is 18.0 Å². The number of amides is 2. The Hall–Kier alpha value is -2.37. The summed E-state index contributed by atoms with van der Waals surface area (Å²) in [6.45, 7) is 11.4. The highest BCUT2D eigenvalue weighted by Gasteiger charge is 2.45. The number of hydrogen-bond donors (Lipinski definition) is 0. The third-order valence-corrected chi connectivity index (χ3v) is 5.56. The van der Waals surface area contributed by atoms with E-state index in [1.165, 1.54) is 4.90 Å². The van der Waals surface area contributed by atoms with Gasteiger partial charge in [0.1, 0.15) is 11.7 Å². The van der Waals surface area contributed by atoms with E-state index < -0.39 is 35.7 Å². The number of unbranched alkanes of at least 4 members (excludes halogenated alkanes) is 1. The van der Waals surface area contributed by atoms with E-state index in [1.54, 1.807) is 20.8 Å². The first-order valence-corrected chi connectivity index (χ1v) is 11.3. The molecule has 0 saturated carbocycles. The van der Waals surface area contributed by atoms with Gasteiger partial charge in [0.25, 0.3) is 0 Å². The zero-order valence-corrected chi connectivity index (χ0v) is 19.7. The van der Waals surface area contributed by atoms with Crippen LogP contribution in [0.1, 0.15) is 85.3 Å². The second kappa shape index (κ2) is 10.8. The van der Waals surface area contributed by atoms with E-state index in [4.69, 9.17) is 9.47 Å². The summed E-state index contributed by atoms with van der Waals surface area (Å²) in [7, 11) is 0. The van der Waals surface area contributed by atoms with Gasteiger partial charge in [0.2, 0.25) is 5.91 Å². The maximum Gasteiger partial charge on any atom is 0.417 e. The van der Waals surface area contributed by atoms with E-state index in [0.29, 0.717) is 6.42 Å². The lowest BCUT2D eigenvalue weighted by Gasteiger charge is -2.27. The van der Waals surface area contributed by atoms with Crippen LogP contribution in [-0.4, -0.2) is 34.5 Å². The molecule has 1 saturated heterocycles. The summed E-state index contributed by atoms with van der Waals surface area (Å²) >= 11 is 0. The fraction of sp³-hybridized carbons (Fsp3) is 0.640. The largest absolute Gasteiger partial charge is 0.460 e. The Kier molecular flexibility index (Phi) is 8.66. The van der Waals surface area contributed by atoms with Crippen molar-refractivity contribution in [1.82, 2.24) is 4.90 Å². The summed E-state index contributed by atoms with van der Waals surface area (Å²) in [4.78, 5) is 39.8. The number of rotatable bonds is 9. The Labute approximate surface area is 186 Å². The first-order chi connectivity index (χ1) is 14.5. The van der Waals surface area contributed by atoms with Crippen LogP contribution in [0.25, 0.3) is 0 Å². The molecule has 2 unspecified atom stereocenters. The lowest BCUT2D eigenvalue weighted by Crippen LogP contribution is -2.43. The minimum absolute atomic E-state index is 0.0426. The van der Waals surface area contributed by atoms with Crippen LogP contribution in [0.5, 0.6) is 0 Å². The smallest absolute Gasteiger partial charge is 0.417 e. The maximum atomic E-state index is 13.5. The Morgan fingerprint density at radius 1 is 1.19 bits per heavy atom. The lowest BCUT2D eigenvalue weighted by molar-refractivity contribution is -0.158. The van der Waals surface area contributed by atoms with Crippen molar-refractivity contribution in [1.29, 1.82) is 0 Å². The molecule has 6 heteroatoms. The van der Waals surface area contributed by atoms with Crippen LogP contribution >= 0.6 is 0 Å². The molecule has 172 valence electrons. The van der Waals surface area contributed by atoms with Crippen molar-refractivity contribution in [3.63, 3.8) is 0 Å². The van der Waals surface area contributed by atoms with Crippen molar-refractivity contribution in [2.75, 3.05) is 0 Å². The predicted molar refractivity (Wildman–Crippen MR) is 119 cm³/mol. The van der Waals surface area contributed by atoms with Gasteiger partial charge < -0.3 is 9.47 Å². The van der Waals surface area contributed by atoms with Crippen LogP contribution in [0, 0.1) is 11.8 Å². The standard InChI is InChI=1S/C25H37NO5/c1-7-8-12-17(2)15-20(16-21(27)31-25(4,5)6)23(28)26-18(3)22(30-24(26)29)19-13-10-9-11-14-19/h9-11,13-14,17-18,20,22H,7-8,12,15-16H2,1-6H3/t17?,18-,20?,22-/m1/s1. The highest BCUT2D eigenvalue weighted by Crippen LogP contribution is 2.35. The number of esters is 1. The molecule has 0 N–H and O–H groups in total. The molecule has 0 radical (unpaired) electrons. The Bertz CT molecular complexity index is 755. The highest BCUT2D eigenvalue weighted by atomic mass is 16.6. The zero-order chi connectivity index (χ0) is 23.2. The van der Waals surface area contributed by atoms with E-state index in [2.05, 4.69) is 13.8 Å². The predicted octanol–water partition coefficient (Wildman–Crippen LogP) is 5.66. The summed E-state index contributed by atoms with van der Waals surface area (Å²) < 4.78 is 11.0. The van der Waals surface area contributed by atoms with Crippen molar-refractivity contribution in [2.45, 2.75) is 91.4 Å². The lowest BCUT2D eigenvalue weighted by atomic mass is 9.88. The van der Waals surface area contributed by atoms with Crippen LogP contribution in [-0.2, 0) is 19.1 Å². The molecule has 31 heavy (non-hydrogen) atoms. The zero-order valence-electron chi connectivity index (χ0n) is 19.7. The van der Waals surface area contributed by atoms with Gasteiger partial charge in [-0.05, 0) is 45.6 Å². The van der Waals surface area contributed by atoms with E-state index in [-0.39, 0.29) is 18.2 Å². The molecule has 2 rings (SSSR count). The van der Waals surface area contributed by atoms with E-state index in [9.17, 15) is 14.4 Å². The number of ether oxygens (including phenoxy) is 2. The van der Waals surface area contributed by atoms with Crippen molar-refractivity contribution < 1.29 is 23.9 Å². The molecular formula is C25H37NO5. The minimum atomic E-state index is -0.651. The van der Waals surface area contributed by atoms with Crippen LogP contribution < -0.4 is 0 Å². The molecule has 1 aromatic carbocycles. The Morgan fingerprint density at radius 3 is 2.42 bits per heavy atom. The second-order valence-electron chi connectivity index (χ2n) is 9.63. The fourth-order valence-electron chi connectivity index (χ4n) is 4.05. The summed E-state index contributed by atoms with van der Waals surface area (Å²) in [5.74, 6) is -1.14. The van der Waals surface area contributed by atoms with Crippen LogP contribution in [0.2, 0.25) is 0 Å². The van der Waals surface area contributed by atoms with Gasteiger partial charge in [0.05, 0.1) is 12.5 Å². The third-order valence-electron chi connectivity index (χ3n) is 5.56. The summed E-state index contributed by atoms with van der Waals surface area (Å²) in [6.07, 6.45) is 2.43. The van der Waals surface area contributed by atoms with Gasteiger partial charge in [0.15, 0.2) is 0 Å². The van der Waals surface area contributed by atoms with Gasteiger partial charge >= 0.3 is 12.1 Å². The average molecular weight is 432 g/mol. The average Bonchev–Trinajstić information content (AvgIpc) is 2.98. The van der Waals surface area contributed by atoms with Gasteiger partial charge in [-0.15, -0.1) is 0 Å². The number of carbonyl (C=O) groups excluding carboxylic acids is 3. The summed E-state index contributed by atoms with van der Waals surface area (Å²) in [5.41, 5.74) is 0.218. The van der Waals surface area contributed by atoms with Gasteiger partial charge in [-0.3, -0.25) is 9.59 Å². The van der Waals surface area contributed by atoms with Crippen molar-refractivity contribution in [3.05, 3.63) is 35.9 Å². The molecule has 0 bridgehead atoms. The van der Waals surface area contributed by atoms with E-state index in [0.717, 1.165) is 24.8 Å². The number of benzene rings is 1. The number of nitrogens with zero attached hydrogens (tertiary/aromatic N) is 1. The number of imide groups is 1. The molecule has 0 aromatic heterocycles. The molecule has 1 aliphatic rings. The third kappa shape index (κ3) is 7.08. The van der Waals surface area contributed by atoms with E-state index >= 15 is 0 Å². The molecule has 0 aliphatic carbocycles. The molecule has 0 spiro atoms. The quantitative estimate of drug-likeness (QED) is 0.472. The normalized spacial score (nSPS) is 20.8. The van der Waals surface area contributed by atoms with Crippen molar-refractivity contribution in [3.8, 4) is 0 Å².